The summed E-state index contributed by atoms with van der Waals surface area (Å²) in [5.41, 5.74) is 2.16. The Bertz CT molecular complexity index is 579. The van der Waals surface area contributed by atoms with Gasteiger partial charge in [-0.15, -0.1) is 0 Å². The third-order valence-corrected chi connectivity index (χ3v) is 3.03. The number of rotatable bonds is 3. The maximum Gasteiger partial charge on any atom is 0.223 e. The molecule has 0 amide bonds. The minimum Gasteiger partial charge on any atom is -0.351 e. The third-order valence-electron chi connectivity index (χ3n) is 3.03. The fourth-order valence-electron chi connectivity index (χ4n) is 1.75. The monoisotopic (exact) mass is 243 g/mol. The van der Waals surface area contributed by atoms with Crippen LogP contribution in [-0.4, -0.2) is 16.0 Å². The van der Waals surface area contributed by atoms with Crippen LogP contribution in [0, 0.1) is 12.7 Å². The smallest absolute Gasteiger partial charge is 0.223 e. The van der Waals surface area contributed by atoms with Crippen LogP contribution in [-0.2, 0) is 0 Å². The van der Waals surface area contributed by atoms with Gasteiger partial charge in [0.1, 0.15) is 5.82 Å². The summed E-state index contributed by atoms with van der Waals surface area (Å²) in [5, 5.41) is 3.24. The van der Waals surface area contributed by atoms with E-state index in [-0.39, 0.29) is 5.82 Å². The molecule has 0 spiro atoms. The first kappa shape index (κ1) is 11.1. The van der Waals surface area contributed by atoms with Gasteiger partial charge in [-0.05, 0) is 37.5 Å². The highest BCUT2D eigenvalue weighted by atomic mass is 19.1. The first-order chi connectivity index (χ1) is 8.72. The summed E-state index contributed by atoms with van der Waals surface area (Å²) in [6.07, 6.45) is 4.05. The van der Waals surface area contributed by atoms with Gasteiger partial charge < -0.3 is 5.32 Å². The van der Waals surface area contributed by atoms with Crippen molar-refractivity contribution in [1.82, 2.24) is 9.97 Å². The van der Waals surface area contributed by atoms with Crippen molar-refractivity contribution in [2.24, 2.45) is 0 Å². The zero-order valence-corrected chi connectivity index (χ0v) is 10.2. The van der Waals surface area contributed by atoms with Gasteiger partial charge in [0.25, 0.3) is 0 Å². The lowest BCUT2D eigenvalue weighted by Crippen LogP contribution is -2.05. The van der Waals surface area contributed by atoms with E-state index in [0.717, 1.165) is 11.3 Å². The molecule has 0 aliphatic heterocycles. The van der Waals surface area contributed by atoms with Crippen molar-refractivity contribution in [2.75, 3.05) is 5.32 Å². The van der Waals surface area contributed by atoms with E-state index in [1.807, 2.05) is 6.07 Å². The van der Waals surface area contributed by atoms with E-state index in [1.54, 1.807) is 25.3 Å². The van der Waals surface area contributed by atoms with Gasteiger partial charge in [-0.25, -0.2) is 14.4 Å². The van der Waals surface area contributed by atoms with Gasteiger partial charge in [0.05, 0.1) is 5.69 Å². The molecule has 0 atom stereocenters. The molecule has 1 fully saturated rings. The zero-order chi connectivity index (χ0) is 12.5. The third kappa shape index (κ3) is 2.32. The topological polar surface area (TPSA) is 37.8 Å². The highest BCUT2D eigenvalue weighted by Gasteiger charge is 2.21. The standard InChI is InChI=1S/C14H14FN3/c1-9-2-3-10(8-12(9)15)13-6-7-16-14(18-13)17-11-4-5-11/h2-3,6-8,11H,4-5H2,1H3,(H,16,17,18). The van der Waals surface area contributed by atoms with Crippen LogP contribution in [0.3, 0.4) is 0 Å². The van der Waals surface area contributed by atoms with Crippen molar-refractivity contribution in [3.63, 3.8) is 0 Å². The lowest BCUT2D eigenvalue weighted by molar-refractivity contribution is 0.619. The molecule has 92 valence electrons. The number of benzene rings is 1. The van der Waals surface area contributed by atoms with Crippen molar-refractivity contribution < 1.29 is 4.39 Å². The number of aryl methyl sites for hydroxylation is 1. The normalized spacial score (nSPS) is 14.6. The molecule has 1 aliphatic rings. The van der Waals surface area contributed by atoms with Gasteiger partial charge in [0.2, 0.25) is 5.95 Å². The number of hydrogen-bond donors (Lipinski definition) is 1. The largest absolute Gasteiger partial charge is 0.351 e. The Morgan fingerprint density at radius 3 is 2.83 bits per heavy atom. The summed E-state index contributed by atoms with van der Waals surface area (Å²) in [5.74, 6) is 0.416. The molecule has 1 N–H and O–H groups in total. The summed E-state index contributed by atoms with van der Waals surface area (Å²) < 4.78 is 13.5. The summed E-state index contributed by atoms with van der Waals surface area (Å²) in [6, 6.07) is 7.46. The average Bonchev–Trinajstić information content (AvgIpc) is 3.17. The van der Waals surface area contributed by atoms with Crippen LogP contribution >= 0.6 is 0 Å². The molecule has 1 aromatic carbocycles. The average molecular weight is 243 g/mol. The van der Waals surface area contributed by atoms with Crippen LogP contribution in [0.25, 0.3) is 11.3 Å². The Morgan fingerprint density at radius 1 is 1.28 bits per heavy atom. The van der Waals surface area contributed by atoms with Gasteiger partial charge in [0.15, 0.2) is 0 Å². The SMILES string of the molecule is Cc1ccc(-c2ccnc(NC3CC3)n2)cc1F. The molecule has 0 bridgehead atoms. The summed E-state index contributed by atoms with van der Waals surface area (Å²) >= 11 is 0. The van der Waals surface area contributed by atoms with E-state index in [1.165, 1.54) is 18.9 Å². The Kier molecular flexibility index (Phi) is 2.70. The highest BCUT2D eigenvalue weighted by molar-refractivity contribution is 5.60. The molecule has 3 nitrogen and oxygen atoms in total. The van der Waals surface area contributed by atoms with Crippen molar-refractivity contribution in [2.45, 2.75) is 25.8 Å². The predicted octanol–water partition coefficient (Wildman–Crippen LogP) is 3.17. The van der Waals surface area contributed by atoms with Gasteiger partial charge in [-0.2, -0.15) is 0 Å². The fraction of sp³-hybridized carbons (Fsp3) is 0.286. The minimum absolute atomic E-state index is 0.206. The predicted molar refractivity (Wildman–Crippen MR) is 68.8 cm³/mol. The number of nitrogens with one attached hydrogen (secondary N) is 1. The van der Waals surface area contributed by atoms with Crippen molar-refractivity contribution in [3.8, 4) is 11.3 Å². The first-order valence-corrected chi connectivity index (χ1v) is 6.08. The summed E-state index contributed by atoms with van der Waals surface area (Å²) in [7, 11) is 0. The summed E-state index contributed by atoms with van der Waals surface area (Å²) in [6.45, 7) is 1.75. The molecule has 1 aliphatic carbocycles. The quantitative estimate of drug-likeness (QED) is 0.899. The number of hydrogen-bond acceptors (Lipinski definition) is 3. The Morgan fingerprint density at radius 2 is 2.11 bits per heavy atom. The molecule has 1 aromatic heterocycles. The number of halogens is 1. The summed E-state index contributed by atoms with van der Waals surface area (Å²) in [4.78, 5) is 8.57. The van der Waals surface area contributed by atoms with E-state index in [2.05, 4.69) is 15.3 Å². The fourth-order valence-corrected chi connectivity index (χ4v) is 1.75. The van der Waals surface area contributed by atoms with Crippen LogP contribution in [0.2, 0.25) is 0 Å². The molecular weight excluding hydrogens is 229 g/mol. The molecule has 2 aromatic rings. The van der Waals surface area contributed by atoms with E-state index < -0.39 is 0 Å². The molecule has 1 heterocycles. The molecular formula is C14H14FN3. The Labute approximate surface area is 105 Å². The van der Waals surface area contributed by atoms with Gasteiger partial charge in [-0.1, -0.05) is 12.1 Å². The lowest BCUT2D eigenvalue weighted by atomic mass is 10.1. The second-order valence-electron chi connectivity index (χ2n) is 4.65. The molecule has 0 radical (unpaired) electrons. The molecule has 3 rings (SSSR count). The second-order valence-corrected chi connectivity index (χ2v) is 4.65. The Balaban J connectivity index is 1.92. The van der Waals surface area contributed by atoms with Crippen molar-refractivity contribution in [1.29, 1.82) is 0 Å². The first-order valence-electron chi connectivity index (χ1n) is 6.08. The van der Waals surface area contributed by atoms with E-state index in [0.29, 0.717) is 17.6 Å². The van der Waals surface area contributed by atoms with Crippen LogP contribution < -0.4 is 5.32 Å². The van der Waals surface area contributed by atoms with Gasteiger partial charge in [0, 0.05) is 17.8 Å². The number of anilines is 1. The van der Waals surface area contributed by atoms with Crippen molar-refractivity contribution >= 4 is 5.95 Å². The minimum atomic E-state index is -0.206. The maximum absolute atomic E-state index is 13.5. The van der Waals surface area contributed by atoms with Gasteiger partial charge in [-0.3, -0.25) is 0 Å². The van der Waals surface area contributed by atoms with Gasteiger partial charge >= 0.3 is 0 Å². The molecule has 0 saturated heterocycles. The molecule has 18 heavy (non-hydrogen) atoms. The molecule has 4 heteroatoms. The number of nitrogens with zero attached hydrogens (tertiary/aromatic N) is 2. The Hall–Kier alpha value is -1.97. The van der Waals surface area contributed by atoms with Crippen LogP contribution in [0.15, 0.2) is 30.5 Å². The zero-order valence-electron chi connectivity index (χ0n) is 10.2. The highest BCUT2D eigenvalue weighted by Crippen LogP contribution is 2.24. The molecule has 0 unspecified atom stereocenters. The maximum atomic E-state index is 13.5. The number of aromatic nitrogens is 2. The van der Waals surface area contributed by atoms with Crippen LogP contribution in [0.5, 0.6) is 0 Å². The van der Waals surface area contributed by atoms with Crippen LogP contribution in [0.4, 0.5) is 10.3 Å². The van der Waals surface area contributed by atoms with E-state index in [9.17, 15) is 4.39 Å². The van der Waals surface area contributed by atoms with Crippen molar-refractivity contribution in [3.05, 3.63) is 41.8 Å². The second kappa shape index (κ2) is 4.37. The molecule has 1 saturated carbocycles. The van der Waals surface area contributed by atoms with Crippen LogP contribution in [0.1, 0.15) is 18.4 Å². The van der Waals surface area contributed by atoms with E-state index in [4.69, 9.17) is 0 Å². The lowest BCUT2D eigenvalue weighted by Gasteiger charge is -2.06. The van der Waals surface area contributed by atoms with E-state index >= 15 is 0 Å².